The van der Waals surface area contributed by atoms with Crippen LogP contribution in [0.5, 0.6) is 5.75 Å². The van der Waals surface area contributed by atoms with Gasteiger partial charge in [0.15, 0.2) is 0 Å². The second-order valence-corrected chi connectivity index (χ2v) is 5.58. The molecule has 0 heterocycles. The standard InChI is InChI=1S/C16H14Cl2N2O3/c1-9-3-6-14(23-2)13(7-9)20-16(22)15(21)19-12-5-4-10(17)8-11(12)18/h3-8H,1-2H3,(H,19,21)(H,20,22). The van der Waals surface area contributed by atoms with Crippen LogP contribution < -0.4 is 15.4 Å². The molecular weight excluding hydrogens is 339 g/mol. The number of anilines is 2. The van der Waals surface area contributed by atoms with Gasteiger partial charge in [0.2, 0.25) is 0 Å². The van der Waals surface area contributed by atoms with Gasteiger partial charge in [-0.05, 0) is 42.8 Å². The van der Waals surface area contributed by atoms with Gasteiger partial charge in [-0.1, -0.05) is 29.3 Å². The molecule has 0 fully saturated rings. The van der Waals surface area contributed by atoms with E-state index >= 15 is 0 Å². The molecule has 7 heteroatoms. The quantitative estimate of drug-likeness (QED) is 0.823. The Labute approximate surface area is 143 Å². The van der Waals surface area contributed by atoms with Crippen LogP contribution in [-0.4, -0.2) is 18.9 Å². The summed E-state index contributed by atoms with van der Waals surface area (Å²) in [7, 11) is 1.48. The van der Waals surface area contributed by atoms with Crippen molar-refractivity contribution in [1.29, 1.82) is 0 Å². The average Bonchev–Trinajstić information content (AvgIpc) is 2.50. The molecule has 2 aromatic carbocycles. The topological polar surface area (TPSA) is 67.4 Å². The Balaban J connectivity index is 2.11. The number of halogens is 2. The minimum absolute atomic E-state index is 0.242. The SMILES string of the molecule is COc1ccc(C)cc1NC(=O)C(=O)Nc1ccc(Cl)cc1Cl. The molecule has 2 N–H and O–H groups in total. The van der Waals surface area contributed by atoms with E-state index in [4.69, 9.17) is 27.9 Å². The molecule has 0 unspecified atom stereocenters. The number of carbonyl (C=O) groups is 2. The summed E-state index contributed by atoms with van der Waals surface area (Å²) in [6.45, 7) is 1.86. The molecule has 23 heavy (non-hydrogen) atoms. The second-order valence-electron chi connectivity index (χ2n) is 4.74. The lowest BCUT2D eigenvalue weighted by molar-refractivity contribution is -0.133. The van der Waals surface area contributed by atoms with Crippen LogP contribution in [-0.2, 0) is 9.59 Å². The van der Waals surface area contributed by atoms with Gasteiger partial charge < -0.3 is 15.4 Å². The molecule has 5 nitrogen and oxygen atoms in total. The molecule has 2 aromatic rings. The Morgan fingerprint density at radius 1 is 0.957 bits per heavy atom. The van der Waals surface area contributed by atoms with Gasteiger partial charge in [-0.25, -0.2) is 0 Å². The zero-order valence-electron chi connectivity index (χ0n) is 12.4. The van der Waals surface area contributed by atoms with Crippen LogP contribution in [0.4, 0.5) is 11.4 Å². The van der Waals surface area contributed by atoms with Crippen molar-refractivity contribution in [2.45, 2.75) is 6.92 Å². The molecule has 120 valence electrons. The molecule has 0 radical (unpaired) electrons. The zero-order valence-corrected chi connectivity index (χ0v) is 14.0. The van der Waals surface area contributed by atoms with Gasteiger partial charge in [0.1, 0.15) is 5.75 Å². The van der Waals surface area contributed by atoms with Crippen LogP contribution in [0, 0.1) is 6.92 Å². The highest BCUT2D eigenvalue weighted by molar-refractivity contribution is 6.45. The van der Waals surface area contributed by atoms with E-state index < -0.39 is 11.8 Å². The molecule has 0 aliphatic carbocycles. The predicted octanol–water partition coefficient (Wildman–Crippen LogP) is 3.89. The Morgan fingerprint density at radius 3 is 2.22 bits per heavy atom. The molecule has 2 amide bonds. The first-order valence-corrected chi connectivity index (χ1v) is 7.38. The first-order valence-electron chi connectivity index (χ1n) is 6.62. The van der Waals surface area contributed by atoms with E-state index in [0.29, 0.717) is 22.1 Å². The van der Waals surface area contributed by atoms with Crippen molar-refractivity contribution in [2.24, 2.45) is 0 Å². The monoisotopic (exact) mass is 352 g/mol. The maximum absolute atomic E-state index is 12.0. The van der Waals surface area contributed by atoms with E-state index in [1.54, 1.807) is 18.2 Å². The van der Waals surface area contributed by atoms with E-state index in [1.165, 1.54) is 19.2 Å². The first kappa shape index (κ1) is 17.1. The van der Waals surface area contributed by atoms with Crippen molar-refractivity contribution >= 4 is 46.4 Å². The van der Waals surface area contributed by atoms with Crippen LogP contribution >= 0.6 is 23.2 Å². The molecule has 0 spiro atoms. The van der Waals surface area contributed by atoms with E-state index in [9.17, 15) is 9.59 Å². The summed E-state index contributed by atoms with van der Waals surface area (Å²) in [5.74, 6) is -1.22. The van der Waals surface area contributed by atoms with Gasteiger partial charge in [0.25, 0.3) is 0 Å². The van der Waals surface area contributed by atoms with Gasteiger partial charge in [0, 0.05) is 5.02 Å². The lowest BCUT2D eigenvalue weighted by atomic mass is 10.2. The minimum atomic E-state index is -0.849. The van der Waals surface area contributed by atoms with Crippen molar-refractivity contribution in [3.05, 3.63) is 52.0 Å². The van der Waals surface area contributed by atoms with Crippen LogP contribution in [0.2, 0.25) is 10.0 Å². The average molecular weight is 353 g/mol. The fourth-order valence-corrected chi connectivity index (χ4v) is 2.32. The number of benzene rings is 2. The molecule has 0 aliphatic heterocycles. The number of nitrogens with one attached hydrogen (secondary N) is 2. The summed E-state index contributed by atoms with van der Waals surface area (Å²) in [6.07, 6.45) is 0. The van der Waals surface area contributed by atoms with Crippen LogP contribution in [0.25, 0.3) is 0 Å². The van der Waals surface area contributed by atoms with Crippen molar-refractivity contribution in [2.75, 3.05) is 17.7 Å². The fraction of sp³-hybridized carbons (Fsp3) is 0.125. The Hall–Kier alpha value is -2.24. The number of carbonyl (C=O) groups excluding carboxylic acids is 2. The molecule has 0 saturated heterocycles. The lowest BCUT2D eigenvalue weighted by Gasteiger charge is -2.11. The number of aryl methyl sites for hydroxylation is 1. The number of amides is 2. The number of ether oxygens (including phenoxy) is 1. The summed E-state index contributed by atoms with van der Waals surface area (Å²) in [5.41, 5.74) is 1.63. The second kappa shape index (κ2) is 7.35. The van der Waals surface area contributed by atoms with E-state index in [1.807, 2.05) is 13.0 Å². The van der Waals surface area contributed by atoms with Gasteiger partial charge in [-0.15, -0.1) is 0 Å². The summed E-state index contributed by atoms with van der Waals surface area (Å²) >= 11 is 11.7. The molecule has 0 atom stereocenters. The smallest absolute Gasteiger partial charge is 0.314 e. The van der Waals surface area contributed by atoms with Crippen molar-refractivity contribution in [1.82, 2.24) is 0 Å². The van der Waals surface area contributed by atoms with Crippen molar-refractivity contribution in [3.8, 4) is 5.75 Å². The van der Waals surface area contributed by atoms with Gasteiger partial charge in [-0.3, -0.25) is 9.59 Å². The summed E-state index contributed by atoms with van der Waals surface area (Å²) in [6, 6.07) is 9.80. The summed E-state index contributed by atoms with van der Waals surface area (Å²) in [5, 5.41) is 5.61. The third-order valence-corrected chi connectivity index (χ3v) is 3.54. The summed E-state index contributed by atoms with van der Waals surface area (Å²) in [4.78, 5) is 24.0. The van der Waals surface area contributed by atoms with Crippen LogP contribution in [0.3, 0.4) is 0 Å². The van der Waals surface area contributed by atoms with Gasteiger partial charge in [0.05, 0.1) is 23.5 Å². The number of hydrogen-bond acceptors (Lipinski definition) is 3. The molecular formula is C16H14Cl2N2O3. The highest BCUT2D eigenvalue weighted by Gasteiger charge is 2.17. The molecule has 0 aliphatic rings. The normalized spacial score (nSPS) is 10.1. The van der Waals surface area contributed by atoms with Crippen molar-refractivity contribution < 1.29 is 14.3 Å². The maximum Gasteiger partial charge on any atom is 0.314 e. The molecule has 0 bridgehead atoms. The highest BCUT2D eigenvalue weighted by Crippen LogP contribution is 2.26. The first-order chi connectivity index (χ1) is 10.9. The fourth-order valence-electron chi connectivity index (χ4n) is 1.87. The third-order valence-electron chi connectivity index (χ3n) is 2.99. The van der Waals surface area contributed by atoms with E-state index in [2.05, 4.69) is 10.6 Å². The highest BCUT2D eigenvalue weighted by atomic mass is 35.5. The molecule has 0 saturated carbocycles. The third kappa shape index (κ3) is 4.37. The lowest BCUT2D eigenvalue weighted by Crippen LogP contribution is -2.29. The Morgan fingerprint density at radius 2 is 1.61 bits per heavy atom. The van der Waals surface area contributed by atoms with Crippen LogP contribution in [0.15, 0.2) is 36.4 Å². The molecule has 2 rings (SSSR count). The zero-order chi connectivity index (χ0) is 17.0. The van der Waals surface area contributed by atoms with Gasteiger partial charge >= 0.3 is 11.8 Å². The van der Waals surface area contributed by atoms with E-state index in [0.717, 1.165) is 5.56 Å². The Bertz CT molecular complexity index is 763. The number of methoxy groups -OCH3 is 1. The largest absolute Gasteiger partial charge is 0.495 e. The minimum Gasteiger partial charge on any atom is -0.495 e. The number of rotatable bonds is 3. The Kier molecular flexibility index (Phi) is 5.47. The van der Waals surface area contributed by atoms with E-state index in [-0.39, 0.29) is 5.02 Å². The predicted molar refractivity (Wildman–Crippen MR) is 91.5 cm³/mol. The molecule has 0 aromatic heterocycles. The van der Waals surface area contributed by atoms with Crippen LogP contribution in [0.1, 0.15) is 5.56 Å². The maximum atomic E-state index is 12.0. The summed E-state index contributed by atoms with van der Waals surface area (Å²) < 4.78 is 5.15. The van der Waals surface area contributed by atoms with Crippen molar-refractivity contribution in [3.63, 3.8) is 0 Å². The van der Waals surface area contributed by atoms with Gasteiger partial charge in [-0.2, -0.15) is 0 Å². The number of hydrogen-bond donors (Lipinski definition) is 2.